The molecule has 0 saturated carbocycles. The highest BCUT2D eigenvalue weighted by Gasteiger charge is 2.03. The maximum absolute atomic E-state index is 11.8. The molecule has 0 amide bonds. The number of ether oxygens (including phenoxy) is 1. The van der Waals surface area contributed by atoms with Gasteiger partial charge in [-0.2, -0.15) is 0 Å². The first-order valence-electron chi connectivity index (χ1n) is 15.4. The Bertz CT molecular complexity index is 379. The lowest BCUT2D eigenvalue weighted by atomic mass is 9.99. The normalized spacial score (nSPS) is 12.2. The van der Waals surface area contributed by atoms with Crippen molar-refractivity contribution in [2.75, 3.05) is 6.61 Å². The van der Waals surface area contributed by atoms with Gasteiger partial charge < -0.3 is 4.74 Å². The zero-order valence-electron chi connectivity index (χ0n) is 23.3. The molecule has 1 unspecified atom stereocenters. The molecule has 0 saturated heterocycles. The fourth-order valence-corrected chi connectivity index (χ4v) is 4.58. The van der Waals surface area contributed by atoms with Crippen LogP contribution in [0.1, 0.15) is 181 Å². The van der Waals surface area contributed by atoms with Crippen LogP contribution < -0.4 is 0 Å². The highest BCUT2D eigenvalue weighted by Crippen LogP contribution is 2.15. The van der Waals surface area contributed by atoms with Crippen molar-refractivity contribution in [3.05, 3.63) is 0 Å². The highest BCUT2D eigenvalue weighted by molar-refractivity contribution is 5.69. The molecule has 0 aromatic heterocycles. The summed E-state index contributed by atoms with van der Waals surface area (Å²) in [5, 5.41) is 0. The van der Waals surface area contributed by atoms with Crippen LogP contribution in [-0.4, -0.2) is 12.6 Å². The minimum atomic E-state index is 0.0229. The summed E-state index contributed by atoms with van der Waals surface area (Å²) in [4.78, 5) is 11.8. The van der Waals surface area contributed by atoms with Gasteiger partial charge >= 0.3 is 5.97 Å². The molecule has 33 heavy (non-hydrogen) atoms. The van der Waals surface area contributed by atoms with Crippen molar-refractivity contribution in [1.29, 1.82) is 0 Å². The van der Waals surface area contributed by atoms with Gasteiger partial charge in [0.15, 0.2) is 0 Å². The van der Waals surface area contributed by atoms with Crippen LogP contribution in [0.15, 0.2) is 0 Å². The van der Waals surface area contributed by atoms with Gasteiger partial charge in [-0.1, -0.05) is 162 Å². The summed E-state index contributed by atoms with van der Waals surface area (Å²) in [5.41, 5.74) is 0. The predicted octanol–water partition coefficient (Wildman–Crippen LogP) is 11.0. The van der Waals surface area contributed by atoms with Crippen LogP contribution in [0.5, 0.6) is 0 Å². The molecule has 0 fully saturated rings. The smallest absolute Gasteiger partial charge is 0.305 e. The molecule has 0 aromatic rings. The Morgan fingerprint density at radius 3 is 1.39 bits per heavy atom. The third-order valence-electron chi connectivity index (χ3n) is 7.29. The average Bonchev–Trinajstić information content (AvgIpc) is 2.82. The Morgan fingerprint density at radius 1 is 0.545 bits per heavy atom. The number of unbranched alkanes of at least 4 members (excludes halogenated alkanes) is 20. The maximum Gasteiger partial charge on any atom is 0.305 e. The van der Waals surface area contributed by atoms with Crippen molar-refractivity contribution in [3.63, 3.8) is 0 Å². The molecule has 0 radical (unpaired) electrons. The van der Waals surface area contributed by atoms with Crippen LogP contribution in [0.2, 0.25) is 0 Å². The summed E-state index contributed by atoms with van der Waals surface area (Å²) in [7, 11) is 0. The van der Waals surface area contributed by atoms with E-state index in [1.807, 2.05) is 0 Å². The number of carbonyl (C=O) groups is 1. The molecule has 0 aromatic carbocycles. The van der Waals surface area contributed by atoms with Crippen molar-refractivity contribution in [3.8, 4) is 0 Å². The molecule has 2 nitrogen and oxygen atoms in total. The second-order valence-electron chi connectivity index (χ2n) is 10.7. The first-order chi connectivity index (χ1) is 16.2. The molecular weight excluding hydrogens is 404 g/mol. The van der Waals surface area contributed by atoms with Gasteiger partial charge in [-0.05, 0) is 18.8 Å². The molecule has 0 N–H and O–H groups in total. The minimum Gasteiger partial charge on any atom is -0.466 e. The van der Waals surface area contributed by atoms with Gasteiger partial charge in [0.2, 0.25) is 0 Å². The molecule has 0 aliphatic carbocycles. The quantitative estimate of drug-likeness (QED) is 0.0888. The lowest BCUT2D eigenvalue weighted by Crippen LogP contribution is -2.05. The first kappa shape index (κ1) is 32.5. The lowest BCUT2D eigenvalue weighted by Gasteiger charge is -2.07. The van der Waals surface area contributed by atoms with E-state index in [9.17, 15) is 4.79 Å². The summed E-state index contributed by atoms with van der Waals surface area (Å²) in [6.45, 7) is 7.58. The van der Waals surface area contributed by atoms with E-state index >= 15 is 0 Å². The van der Waals surface area contributed by atoms with Gasteiger partial charge in [0.1, 0.15) is 0 Å². The van der Waals surface area contributed by atoms with E-state index in [0.29, 0.717) is 13.0 Å². The Hall–Kier alpha value is -0.530. The SMILES string of the molecule is CCCCCCCCCCCCCCCCOC(=O)CCCCCCCCCCC(C)CC. The van der Waals surface area contributed by atoms with Gasteiger partial charge in [0, 0.05) is 6.42 Å². The van der Waals surface area contributed by atoms with Crippen LogP contribution in [0, 0.1) is 5.92 Å². The fraction of sp³-hybridized carbons (Fsp3) is 0.968. The van der Waals surface area contributed by atoms with Crippen molar-refractivity contribution in [1.82, 2.24) is 0 Å². The van der Waals surface area contributed by atoms with Gasteiger partial charge in [-0.25, -0.2) is 0 Å². The van der Waals surface area contributed by atoms with E-state index in [4.69, 9.17) is 4.74 Å². The summed E-state index contributed by atoms with van der Waals surface area (Å²) >= 11 is 0. The van der Waals surface area contributed by atoms with Gasteiger partial charge in [0.25, 0.3) is 0 Å². The Kier molecular flexibility index (Phi) is 27.3. The highest BCUT2D eigenvalue weighted by atomic mass is 16.5. The molecule has 1 atom stereocenters. The standard InChI is InChI=1S/C31H62O2/c1-4-6-7-8-9-10-11-12-13-14-17-20-23-26-29-33-31(32)28-25-22-19-16-15-18-21-24-27-30(3)5-2/h30H,4-29H2,1-3H3. The molecule has 0 spiro atoms. The molecule has 0 bridgehead atoms. The number of hydrogen-bond acceptors (Lipinski definition) is 2. The second kappa shape index (κ2) is 27.7. The fourth-order valence-electron chi connectivity index (χ4n) is 4.58. The second-order valence-corrected chi connectivity index (χ2v) is 10.7. The van der Waals surface area contributed by atoms with E-state index in [1.165, 1.54) is 141 Å². The molecule has 2 heteroatoms. The van der Waals surface area contributed by atoms with E-state index in [-0.39, 0.29) is 5.97 Å². The van der Waals surface area contributed by atoms with Crippen molar-refractivity contribution in [2.45, 2.75) is 181 Å². The Morgan fingerprint density at radius 2 is 0.939 bits per heavy atom. The van der Waals surface area contributed by atoms with E-state index < -0.39 is 0 Å². The Labute approximate surface area is 209 Å². The average molecular weight is 467 g/mol. The Balaban J connectivity index is 3.16. The van der Waals surface area contributed by atoms with Gasteiger partial charge in [-0.15, -0.1) is 0 Å². The summed E-state index contributed by atoms with van der Waals surface area (Å²) < 4.78 is 5.41. The predicted molar refractivity (Wildman–Crippen MR) is 147 cm³/mol. The third-order valence-corrected chi connectivity index (χ3v) is 7.29. The van der Waals surface area contributed by atoms with Gasteiger partial charge in [0.05, 0.1) is 6.61 Å². The minimum absolute atomic E-state index is 0.0229. The summed E-state index contributed by atoms with van der Waals surface area (Å²) in [5.74, 6) is 0.925. The van der Waals surface area contributed by atoms with Crippen LogP contribution >= 0.6 is 0 Å². The van der Waals surface area contributed by atoms with E-state index in [1.54, 1.807) is 0 Å². The molecule has 0 aliphatic heterocycles. The van der Waals surface area contributed by atoms with Crippen LogP contribution in [0.25, 0.3) is 0 Å². The van der Waals surface area contributed by atoms with Gasteiger partial charge in [-0.3, -0.25) is 4.79 Å². The van der Waals surface area contributed by atoms with Crippen LogP contribution in [0.3, 0.4) is 0 Å². The van der Waals surface area contributed by atoms with Crippen LogP contribution in [-0.2, 0) is 9.53 Å². The lowest BCUT2D eigenvalue weighted by molar-refractivity contribution is -0.143. The molecule has 198 valence electrons. The zero-order valence-corrected chi connectivity index (χ0v) is 23.3. The molecule has 0 heterocycles. The number of hydrogen-bond donors (Lipinski definition) is 0. The van der Waals surface area contributed by atoms with E-state index in [0.717, 1.165) is 18.8 Å². The zero-order chi connectivity index (χ0) is 24.2. The third kappa shape index (κ3) is 27.6. The van der Waals surface area contributed by atoms with E-state index in [2.05, 4.69) is 20.8 Å². The largest absolute Gasteiger partial charge is 0.466 e. The molecule has 0 aliphatic rings. The number of carbonyl (C=O) groups excluding carboxylic acids is 1. The summed E-state index contributed by atoms with van der Waals surface area (Å²) in [6, 6.07) is 0. The topological polar surface area (TPSA) is 26.3 Å². The van der Waals surface area contributed by atoms with Crippen LogP contribution in [0.4, 0.5) is 0 Å². The molecular formula is C31H62O2. The summed E-state index contributed by atoms with van der Waals surface area (Å²) in [6.07, 6.45) is 32.7. The number of esters is 1. The first-order valence-corrected chi connectivity index (χ1v) is 15.4. The van der Waals surface area contributed by atoms with Crippen molar-refractivity contribution >= 4 is 5.97 Å². The van der Waals surface area contributed by atoms with Crippen molar-refractivity contribution < 1.29 is 9.53 Å². The molecule has 0 rings (SSSR count). The monoisotopic (exact) mass is 466 g/mol. The van der Waals surface area contributed by atoms with Crippen molar-refractivity contribution in [2.24, 2.45) is 5.92 Å². The maximum atomic E-state index is 11.8. The number of rotatable bonds is 27.